The summed E-state index contributed by atoms with van der Waals surface area (Å²) in [5.74, 6) is -0.736. The Morgan fingerprint density at radius 2 is 2.04 bits per heavy atom. The molecule has 1 atom stereocenters. The first kappa shape index (κ1) is 19.9. The third-order valence-corrected chi connectivity index (χ3v) is 4.61. The van der Waals surface area contributed by atoms with Gasteiger partial charge in [0.15, 0.2) is 0 Å². The van der Waals surface area contributed by atoms with E-state index in [-0.39, 0.29) is 29.0 Å². The molecule has 0 aliphatic carbocycles. The molecular formula is C16H24Cl2N2O3. The quantitative estimate of drug-likeness (QED) is 0.774. The number of carboxylic acid groups (broad SMARTS) is 1. The van der Waals surface area contributed by atoms with E-state index in [4.69, 9.17) is 22.1 Å². The second kappa shape index (κ2) is 8.62. The largest absolute Gasteiger partial charge is 0.495 e. The van der Waals surface area contributed by atoms with Crippen LogP contribution < -0.4 is 10.5 Å². The summed E-state index contributed by atoms with van der Waals surface area (Å²) in [6, 6.07) is 1.39. The van der Waals surface area contributed by atoms with Gasteiger partial charge in [0.1, 0.15) is 11.3 Å². The lowest BCUT2D eigenvalue weighted by atomic mass is 9.95. The minimum Gasteiger partial charge on any atom is -0.495 e. The Balaban J connectivity index is 0.00000264. The number of hydrogen-bond donors (Lipinski definition) is 2. The van der Waals surface area contributed by atoms with Crippen LogP contribution in [0.1, 0.15) is 54.6 Å². The molecule has 1 unspecified atom stereocenters. The molecule has 0 bridgehead atoms. The highest BCUT2D eigenvalue weighted by Gasteiger charge is 2.29. The fourth-order valence-electron chi connectivity index (χ4n) is 3.25. The molecule has 130 valence electrons. The van der Waals surface area contributed by atoms with Gasteiger partial charge in [-0.3, -0.25) is 4.90 Å². The number of nitrogens with zero attached hydrogens (tertiary/aromatic N) is 1. The Morgan fingerprint density at radius 1 is 1.43 bits per heavy atom. The van der Waals surface area contributed by atoms with Gasteiger partial charge in [0.05, 0.1) is 17.8 Å². The van der Waals surface area contributed by atoms with E-state index in [0.29, 0.717) is 17.0 Å². The molecule has 5 nitrogen and oxygen atoms in total. The first-order valence-electron chi connectivity index (χ1n) is 7.64. The van der Waals surface area contributed by atoms with Gasteiger partial charge in [-0.25, -0.2) is 4.79 Å². The van der Waals surface area contributed by atoms with Crippen molar-refractivity contribution < 1.29 is 14.6 Å². The number of nitrogens with two attached hydrogens (primary N) is 1. The molecule has 1 aromatic rings. The maximum atomic E-state index is 11.5. The highest BCUT2D eigenvalue weighted by molar-refractivity contribution is 6.33. The number of piperidine rings is 1. The zero-order chi connectivity index (χ0) is 16.3. The normalized spacial score (nSPS) is 16.5. The lowest BCUT2D eigenvalue weighted by Gasteiger charge is -2.36. The summed E-state index contributed by atoms with van der Waals surface area (Å²) >= 11 is 6.17. The predicted molar refractivity (Wildman–Crippen MR) is 95.1 cm³/mol. The van der Waals surface area contributed by atoms with Crippen molar-refractivity contribution in [1.29, 1.82) is 0 Å². The molecule has 1 aliphatic heterocycles. The van der Waals surface area contributed by atoms with Gasteiger partial charge in [0, 0.05) is 11.6 Å². The lowest BCUT2D eigenvalue weighted by molar-refractivity contribution is 0.0692. The minimum absolute atomic E-state index is 0. The number of carbonyl (C=O) groups is 1. The molecule has 7 heteroatoms. The summed E-state index contributed by atoms with van der Waals surface area (Å²) in [5, 5.41) is 9.68. The van der Waals surface area contributed by atoms with E-state index < -0.39 is 5.97 Å². The third kappa shape index (κ3) is 4.03. The molecular weight excluding hydrogens is 339 g/mol. The number of carboxylic acids is 1. The number of ether oxygens (including phenoxy) is 1. The van der Waals surface area contributed by atoms with Crippen LogP contribution in [-0.2, 0) is 0 Å². The van der Waals surface area contributed by atoms with Crippen molar-refractivity contribution in [2.24, 2.45) is 0 Å². The number of rotatable bonds is 5. The number of hydrogen-bond acceptors (Lipinski definition) is 4. The molecule has 1 aromatic carbocycles. The molecule has 0 saturated carbocycles. The fourth-order valence-corrected chi connectivity index (χ4v) is 3.46. The van der Waals surface area contributed by atoms with Gasteiger partial charge in [-0.15, -0.1) is 12.4 Å². The number of aromatic carboxylic acids is 1. The van der Waals surface area contributed by atoms with Gasteiger partial charge in [-0.05, 0) is 38.4 Å². The summed E-state index contributed by atoms with van der Waals surface area (Å²) in [5.41, 5.74) is 7.36. The number of halogens is 2. The lowest BCUT2D eigenvalue weighted by Crippen LogP contribution is -2.34. The number of anilines is 1. The predicted octanol–water partition coefficient (Wildman–Crippen LogP) is 3.99. The van der Waals surface area contributed by atoms with E-state index in [1.54, 1.807) is 0 Å². The second-order valence-corrected chi connectivity index (χ2v) is 6.00. The van der Waals surface area contributed by atoms with Crippen LogP contribution >= 0.6 is 24.0 Å². The topological polar surface area (TPSA) is 75.8 Å². The zero-order valence-electron chi connectivity index (χ0n) is 13.5. The number of benzene rings is 1. The van der Waals surface area contributed by atoms with Crippen molar-refractivity contribution in [2.45, 2.75) is 38.6 Å². The first-order valence-corrected chi connectivity index (χ1v) is 8.02. The summed E-state index contributed by atoms with van der Waals surface area (Å²) in [7, 11) is 1.47. The molecule has 0 spiro atoms. The summed E-state index contributed by atoms with van der Waals surface area (Å²) in [6.07, 6.45) is 4.34. The monoisotopic (exact) mass is 362 g/mol. The van der Waals surface area contributed by atoms with Gasteiger partial charge in [0.2, 0.25) is 0 Å². The van der Waals surface area contributed by atoms with Gasteiger partial charge in [0.25, 0.3) is 0 Å². The van der Waals surface area contributed by atoms with Gasteiger partial charge in [-0.1, -0.05) is 24.9 Å². The molecule has 1 heterocycles. The van der Waals surface area contributed by atoms with E-state index in [1.165, 1.54) is 19.6 Å². The average Bonchev–Trinajstić information content (AvgIpc) is 2.52. The van der Waals surface area contributed by atoms with Crippen LogP contribution in [0.15, 0.2) is 6.07 Å². The van der Waals surface area contributed by atoms with E-state index in [2.05, 4.69) is 11.8 Å². The van der Waals surface area contributed by atoms with Crippen molar-refractivity contribution >= 4 is 35.7 Å². The van der Waals surface area contributed by atoms with E-state index in [1.807, 2.05) is 0 Å². The molecule has 23 heavy (non-hydrogen) atoms. The maximum Gasteiger partial charge on any atom is 0.339 e. The van der Waals surface area contributed by atoms with Crippen LogP contribution in [0.25, 0.3) is 0 Å². The Morgan fingerprint density at radius 3 is 2.52 bits per heavy atom. The Hall–Kier alpha value is -1.17. The van der Waals surface area contributed by atoms with Crippen molar-refractivity contribution in [2.75, 3.05) is 25.9 Å². The Labute approximate surface area is 148 Å². The number of methoxy groups -OCH3 is 1. The molecule has 2 rings (SSSR count). The van der Waals surface area contributed by atoms with Crippen LogP contribution in [0.3, 0.4) is 0 Å². The summed E-state index contributed by atoms with van der Waals surface area (Å²) in [4.78, 5) is 13.8. The summed E-state index contributed by atoms with van der Waals surface area (Å²) in [6.45, 7) is 4.03. The number of likely N-dealkylation sites (tertiary alicyclic amines) is 1. The highest BCUT2D eigenvalue weighted by Crippen LogP contribution is 2.42. The van der Waals surface area contributed by atoms with Crippen molar-refractivity contribution in [3.8, 4) is 5.75 Å². The molecule has 1 fully saturated rings. The standard InChI is InChI=1S/C16H23ClN2O3.ClH/c1-3-12(19-7-5-4-6-8-19)13-14(18)11(17)9-10(16(20)21)15(13)22-2;/h9,12H,3-8,18H2,1-2H3,(H,20,21);1H. The molecule has 0 aromatic heterocycles. The second-order valence-electron chi connectivity index (χ2n) is 5.59. The number of nitrogen functional groups attached to an aromatic ring is 1. The van der Waals surface area contributed by atoms with Crippen molar-refractivity contribution in [3.63, 3.8) is 0 Å². The molecule has 3 N–H and O–H groups in total. The molecule has 1 aliphatic rings. The fraction of sp³-hybridized carbons (Fsp3) is 0.562. The van der Waals surface area contributed by atoms with E-state index in [0.717, 1.165) is 32.4 Å². The van der Waals surface area contributed by atoms with Crippen LogP contribution in [0.5, 0.6) is 5.75 Å². The first-order chi connectivity index (χ1) is 10.5. The van der Waals surface area contributed by atoms with E-state index >= 15 is 0 Å². The van der Waals surface area contributed by atoms with Crippen LogP contribution in [0, 0.1) is 0 Å². The summed E-state index contributed by atoms with van der Waals surface area (Å²) < 4.78 is 5.40. The highest BCUT2D eigenvalue weighted by atomic mass is 35.5. The minimum atomic E-state index is -1.06. The maximum absolute atomic E-state index is 11.5. The smallest absolute Gasteiger partial charge is 0.339 e. The van der Waals surface area contributed by atoms with Gasteiger partial charge >= 0.3 is 5.97 Å². The molecule has 0 amide bonds. The third-order valence-electron chi connectivity index (χ3n) is 4.29. The SMILES string of the molecule is CCC(c1c(N)c(Cl)cc(C(=O)O)c1OC)N1CCCCC1.Cl. The van der Waals surface area contributed by atoms with E-state index in [9.17, 15) is 9.90 Å². The van der Waals surface area contributed by atoms with Gasteiger partial charge < -0.3 is 15.6 Å². The van der Waals surface area contributed by atoms with Crippen molar-refractivity contribution in [3.05, 3.63) is 22.2 Å². The Kier molecular flexibility index (Phi) is 7.45. The molecule has 0 radical (unpaired) electrons. The van der Waals surface area contributed by atoms with Crippen molar-refractivity contribution in [1.82, 2.24) is 4.90 Å². The Bertz CT molecular complexity index is 561. The van der Waals surface area contributed by atoms with Crippen LogP contribution in [0.2, 0.25) is 5.02 Å². The average molecular weight is 363 g/mol. The van der Waals surface area contributed by atoms with Crippen LogP contribution in [0.4, 0.5) is 5.69 Å². The molecule has 1 saturated heterocycles. The zero-order valence-corrected chi connectivity index (χ0v) is 15.0. The van der Waals surface area contributed by atoms with Crippen LogP contribution in [-0.4, -0.2) is 36.2 Å². The van der Waals surface area contributed by atoms with Gasteiger partial charge in [-0.2, -0.15) is 0 Å².